The molecule has 0 bridgehead atoms. The summed E-state index contributed by atoms with van der Waals surface area (Å²) in [6.45, 7) is 4.56. The van der Waals surface area contributed by atoms with E-state index < -0.39 is 0 Å². The highest BCUT2D eigenvalue weighted by Gasteiger charge is 2.21. The maximum Gasteiger partial charge on any atom is 0.0406 e. The molecule has 18 heavy (non-hydrogen) atoms. The summed E-state index contributed by atoms with van der Waals surface area (Å²) in [5.74, 6) is 0.967. The topological polar surface area (TPSA) is 12.0 Å². The van der Waals surface area contributed by atoms with Gasteiger partial charge in [0.2, 0.25) is 0 Å². The zero-order chi connectivity index (χ0) is 13.0. The molecule has 0 aliphatic heterocycles. The van der Waals surface area contributed by atoms with E-state index in [1.165, 1.54) is 37.7 Å². The van der Waals surface area contributed by atoms with Crippen molar-refractivity contribution in [2.45, 2.75) is 58.0 Å². The van der Waals surface area contributed by atoms with Crippen LogP contribution in [0.3, 0.4) is 0 Å². The van der Waals surface area contributed by atoms with Crippen LogP contribution in [0.15, 0.2) is 24.3 Å². The van der Waals surface area contributed by atoms with Gasteiger partial charge in [0, 0.05) is 17.1 Å². The standard InChI is InChI=1S/C16H24ClN/c1-3-13-4-10-16(11-5-13)18-12(2)14-6-8-15(17)9-7-14/h6-9,12-13,16,18H,3-5,10-11H2,1-2H3/t12-,13?,16?/m0/s1. The summed E-state index contributed by atoms with van der Waals surface area (Å²) in [6, 6.07) is 9.31. The van der Waals surface area contributed by atoms with Crippen LogP contribution in [0.1, 0.15) is 57.6 Å². The minimum atomic E-state index is 0.422. The van der Waals surface area contributed by atoms with Gasteiger partial charge in [0.05, 0.1) is 0 Å². The third kappa shape index (κ3) is 3.73. The summed E-state index contributed by atoms with van der Waals surface area (Å²) in [4.78, 5) is 0. The van der Waals surface area contributed by atoms with Gasteiger partial charge in [-0.15, -0.1) is 0 Å². The molecule has 0 saturated heterocycles. The van der Waals surface area contributed by atoms with Crippen molar-refractivity contribution in [1.82, 2.24) is 5.32 Å². The lowest BCUT2D eigenvalue weighted by Crippen LogP contribution is -2.34. The zero-order valence-electron chi connectivity index (χ0n) is 11.5. The van der Waals surface area contributed by atoms with Crippen molar-refractivity contribution >= 4 is 11.6 Å². The predicted octanol–water partition coefficient (Wildman–Crippen LogP) is 4.96. The molecule has 1 saturated carbocycles. The molecule has 0 amide bonds. The van der Waals surface area contributed by atoms with E-state index in [1.807, 2.05) is 12.1 Å². The Labute approximate surface area is 116 Å². The molecule has 0 radical (unpaired) electrons. The third-order valence-electron chi connectivity index (χ3n) is 4.28. The predicted molar refractivity (Wildman–Crippen MR) is 79.0 cm³/mol. The van der Waals surface area contributed by atoms with Gasteiger partial charge in [0.25, 0.3) is 0 Å². The highest BCUT2D eigenvalue weighted by Crippen LogP contribution is 2.28. The Morgan fingerprint density at radius 3 is 2.33 bits per heavy atom. The zero-order valence-corrected chi connectivity index (χ0v) is 12.2. The van der Waals surface area contributed by atoms with Crippen LogP contribution in [0.5, 0.6) is 0 Å². The summed E-state index contributed by atoms with van der Waals surface area (Å²) < 4.78 is 0. The molecule has 0 unspecified atom stereocenters. The van der Waals surface area contributed by atoms with Crippen LogP contribution >= 0.6 is 11.6 Å². The van der Waals surface area contributed by atoms with Gasteiger partial charge in [0.1, 0.15) is 0 Å². The number of hydrogen-bond donors (Lipinski definition) is 1. The molecule has 1 nitrogen and oxygen atoms in total. The van der Waals surface area contributed by atoms with Crippen LogP contribution < -0.4 is 5.32 Å². The van der Waals surface area contributed by atoms with E-state index in [-0.39, 0.29) is 0 Å². The van der Waals surface area contributed by atoms with Crippen LogP contribution in [-0.2, 0) is 0 Å². The van der Waals surface area contributed by atoms with Crippen molar-refractivity contribution < 1.29 is 0 Å². The summed E-state index contributed by atoms with van der Waals surface area (Å²) >= 11 is 5.92. The first-order chi connectivity index (χ1) is 8.69. The lowest BCUT2D eigenvalue weighted by Gasteiger charge is -2.31. The second-order valence-electron chi connectivity index (χ2n) is 5.57. The lowest BCUT2D eigenvalue weighted by molar-refractivity contribution is 0.273. The van der Waals surface area contributed by atoms with Gasteiger partial charge in [-0.1, -0.05) is 37.1 Å². The normalized spacial score (nSPS) is 25.9. The number of hydrogen-bond acceptors (Lipinski definition) is 1. The molecule has 0 heterocycles. The van der Waals surface area contributed by atoms with Gasteiger partial charge >= 0.3 is 0 Å². The number of benzene rings is 1. The molecule has 2 heteroatoms. The molecule has 0 aromatic heterocycles. The van der Waals surface area contributed by atoms with E-state index in [0.717, 1.165) is 10.9 Å². The second kappa shape index (κ2) is 6.58. The number of halogens is 1. The fraction of sp³-hybridized carbons (Fsp3) is 0.625. The first kappa shape index (κ1) is 13.9. The largest absolute Gasteiger partial charge is 0.307 e. The van der Waals surface area contributed by atoms with Gasteiger partial charge < -0.3 is 5.32 Å². The molecule has 1 atom stereocenters. The SMILES string of the molecule is CCC1CCC(N[C@@H](C)c2ccc(Cl)cc2)CC1. The molecule has 1 aliphatic rings. The minimum Gasteiger partial charge on any atom is -0.307 e. The van der Waals surface area contributed by atoms with Gasteiger partial charge in [-0.3, -0.25) is 0 Å². The molecule has 2 rings (SSSR count). The Hall–Kier alpha value is -0.530. The van der Waals surface area contributed by atoms with Gasteiger partial charge in [-0.2, -0.15) is 0 Å². The lowest BCUT2D eigenvalue weighted by atomic mass is 9.84. The van der Waals surface area contributed by atoms with Crippen molar-refractivity contribution in [2.75, 3.05) is 0 Å². The molecule has 1 aromatic carbocycles. The Kier molecular flexibility index (Phi) is 5.08. The van der Waals surface area contributed by atoms with E-state index in [2.05, 4.69) is 31.3 Å². The van der Waals surface area contributed by atoms with E-state index in [0.29, 0.717) is 12.1 Å². The quantitative estimate of drug-likeness (QED) is 0.811. The van der Waals surface area contributed by atoms with E-state index in [9.17, 15) is 0 Å². The van der Waals surface area contributed by atoms with Crippen LogP contribution in [0, 0.1) is 5.92 Å². The van der Waals surface area contributed by atoms with Gasteiger partial charge in [-0.05, 0) is 56.2 Å². The summed E-state index contributed by atoms with van der Waals surface area (Å²) in [5.41, 5.74) is 1.33. The molecule has 1 N–H and O–H groups in total. The van der Waals surface area contributed by atoms with Crippen LogP contribution in [0.2, 0.25) is 5.02 Å². The maximum absolute atomic E-state index is 5.92. The molecule has 1 fully saturated rings. The van der Waals surface area contributed by atoms with Crippen molar-refractivity contribution in [3.8, 4) is 0 Å². The summed E-state index contributed by atoms with van der Waals surface area (Å²) in [6.07, 6.45) is 6.79. The summed E-state index contributed by atoms with van der Waals surface area (Å²) in [7, 11) is 0. The average molecular weight is 266 g/mol. The van der Waals surface area contributed by atoms with Crippen molar-refractivity contribution in [3.05, 3.63) is 34.9 Å². The van der Waals surface area contributed by atoms with Crippen LogP contribution in [-0.4, -0.2) is 6.04 Å². The fourth-order valence-corrected chi connectivity index (χ4v) is 3.06. The molecule has 1 aromatic rings. The fourth-order valence-electron chi connectivity index (χ4n) is 2.94. The average Bonchev–Trinajstić information content (AvgIpc) is 2.40. The highest BCUT2D eigenvalue weighted by atomic mass is 35.5. The van der Waals surface area contributed by atoms with Crippen LogP contribution in [0.4, 0.5) is 0 Å². The first-order valence-corrected chi connectivity index (χ1v) is 7.58. The maximum atomic E-state index is 5.92. The number of rotatable bonds is 4. The Morgan fingerprint density at radius 1 is 1.17 bits per heavy atom. The molecule has 0 spiro atoms. The van der Waals surface area contributed by atoms with E-state index in [4.69, 9.17) is 11.6 Å². The van der Waals surface area contributed by atoms with Crippen LogP contribution in [0.25, 0.3) is 0 Å². The Morgan fingerprint density at radius 2 is 1.78 bits per heavy atom. The van der Waals surface area contributed by atoms with Gasteiger partial charge in [-0.25, -0.2) is 0 Å². The monoisotopic (exact) mass is 265 g/mol. The number of nitrogens with one attached hydrogen (secondary N) is 1. The van der Waals surface area contributed by atoms with Crippen molar-refractivity contribution in [1.29, 1.82) is 0 Å². The highest BCUT2D eigenvalue weighted by molar-refractivity contribution is 6.30. The molecular formula is C16H24ClN. The Balaban J connectivity index is 1.84. The third-order valence-corrected chi connectivity index (χ3v) is 4.53. The molecular weight excluding hydrogens is 242 g/mol. The minimum absolute atomic E-state index is 0.422. The Bertz CT molecular complexity index is 352. The summed E-state index contributed by atoms with van der Waals surface area (Å²) in [5, 5.41) is 4.57. The first-order valence-electron chi connectivity index (χ1n) is 7.20. The van der Waals surface area contributed by atoms with Gasteiger partial charge in [0.15, 0.2) is 0 Å². The molecule has 1 aliphatic carbocycles. The van der Waals surface area contributed by atoms with E-state index in [1.54, 1.807) is 0 Å². The van der Waals surface area contributed by atoms with E-state index >= 15 is 0 Å². The van der Waals surface area contributed by atoms with Crippen molar-refractivity contribution in [3.63, 3.8) is 0 Å². The van der Waals surface area contributed by atoms with Crippen molar-refractivity contribution in [2.24, 2.45) is 5.92 Å². The smallest absolute Gasteiger partial charge is 0.0406 e. The molecule has 100 valence electrons. The second-order valence-corrected chi connectivity index (χ2v) is 6.00.